The fraction of sp³-hybridized carbons (Fsp3) is 0.778. The first kappa shape index (κ1) is 11.4. The number of carboxylic acid groups (broad SMARTS) is 1. The Morgan fingerprint density at radius 2 is 2.50 bits per heavy atom. The van der Waals surface area contributed by atoms with Gasteiger partial charge in [-0.1, -0.05) is 0 Å². The van der Waals surface area contributed by atoms with Crippen LogP contribution >= 0.6 is 11.8 Å². The van der Waals surface area contributed by atoms with E-state index in [4.69, 9.17) is 5.11 Å². The molecular weight excluding hydrogens is 228 g/mol. The maximum Gasteiger partial charge on any atom is 0.303 e. The van der Waals surface area contributed by atoms with E-state index in [1.54, 1.807) is 4.68 Å². The standard InChI is InChI=1S/C9H14N4O2S/c14-8(15)2-1-4-13-9(10-11-12-13)7-3-5-16-6-7/h7H,1-6H2,(H,14,15). The van der Waals surface area contributed by atoms with Crippen molar-refractivity contribution in [1.82, 2.24) is 20.2 Å². The van der Waals surface area contributed by atoms with Crippen molar-refractivity contribution >= 4 is 17.7 Å². The van der Waals surface area contributed by atoms with Crippen LogP contribution in [-0.4, -0.2) is 42.8 Å². The second kappa shape index (κ2) is 5.29. The summed E-state index contributed by atoms with van der Waals surface area (Å²) in [6.07, 6.45) is 1.86. The van der Waals surface area contributed by atoms with Gasteiger partial charge in [-0.2, -0.15) is 11.8 Å². The Bertz CT molecular complexity index is 362. The molecule has 0 radical (unpaired) electrons. The zero-order valence-electron chi connectivity index (χ0n) is 8.87. The number of thioether (sulfide) groups is 1. The van der Waals surface area contributed by atoms with Gasteiger partial charge in [0.1, 0.15) is 0 Å². The summed E-state index contributed by atoms with van der Waals surface area (Å²) in [6, 6.07) is 0. The molecule has 16 heavy (non-hydrogen) atoms. The van der Waals surface area contributed by atoms with Crippen molar-refractivity contribution in [1.29, 1.82) is 0 Å². The van der Waals surface area contributed by atoms with Crippen molar-refractivity contribution in [3.05, 3.63) is 5.82 Å². The highest BCUT2D eigenvalue weighted by molar-refractivity contribution is 7.99. The number of aryl methyl sites for hydroxylation is 1. The lowest BCUT2D eigenvalue weighted by molar-refractivity contribution is -0.137. The summed E-state index contributed by atoms with van der Waals surface area (Å²) in [4.78, 5) is 10.4. The summed E-state index contributed by atoms with van der Waals surface area (Å²) in [5.41, 5.74) is 0. The third-order valence-corrected chi connectivity index (χ3v) is 3.78. The van der Waals surface area contributed by atoms with Crippen LogP contribution in [0.2, 0.25) is 0 Å². The topological polar surface area (TPSA) is 80.9 Å². The first-order valence-electron chi connectivity index (χ1n) is 5.33. The zero-order valence-corrected chi connectivity index (χ0v) is 9.69. The molecule has 0 aromatic carbocycles. The van der Waals surface area contributed by atoms with E-state index in [1.807, 2.05) is 11.8 Å². The van der Waals surface area contributed by atoms with Crippen LogP contribution in [0.1, 0.15) is 31.0 Å². The number of carbonyl (C=O) groups is 1. The normalized spacial score (nSPS) is 20.1. The molecule has 1 atom stereocenters. The molecule has 1 N–H and O–H groups in total. The summed E-state index contributed by atoms with van der Waals surface area (Å²) in [5.74, 6) is 2.80. The number of nitrogens with zero attached hydrogens (tertiary/aromatic N) is 4. The third-order valence-electron chi connectivity index (χ3n) is 2.61. The van der Waals surface area contributed by atoms with Crippen molar-refractivity contribution in [2.45, 2.75) is 31.7 Å². The van der Waals surface area contributed by atoms with Gasteiger partial charge in [0, 0.05) is 24.6 Å². The van der Waals surface area contributed by atoms with Crippen molar-refractivity contribution in [2.24, 2.45) is 0 Å². The molecule has 0 aliphatic carbocycles. The van der Waals surface area contributed by atoms with E-state index in [2.05, 4.69) is 15.5 Å². The summed E-state index contributed by atoms with van der Waals surface area (Å²) < 4.78 is 1.75. The van der Waals surface area contributed by atoms with Crippen LogP contribution in [0.4, 0.5) is 0 Å². The molecule has 7 heteroatoms. The number of carboxylic acids is 1. The highest BCUT2D eigenvalue weighted by Gasteiger charge is 2.23. The Hall–Kier alpha value is -1.11. The lowest BCUT2D eigenvalue weighted by Crippen LogP contribution is -2.11. The van der Waals surface area contributed by atoms with Crippen LogP contribution in [0, 0.1) is 0 Å². The molecule has 1 aliphatic rings. The van der Waals surface area contributed by atoms with Gasteiger partial charge in [0.2, 0.25) is 0 Å². The molecule has 1 aliphatic heterocycles. The van der Waals surface area contributed by atoms with Crippen LogP contribution in [0.25, 0.3) is 0 Å². The maximum atomic E-state index is 10.4. The second-order valence-corrected chi connectivity index (χ2v) is 4.97. The van der Waals surface area contributed by atoms with Gasteiger partial charge in [-0.05, 0) is 29.0 Å². The highest BCUT2D eigenvalue weighted by atomic mass is 32.2. The fourth-order valence-electron chi connectivity index (χ4n) is 1.78. The molecule has 88 valence electrons. The molecule has 0 spiro atoms. The molecule has 0 amide bonds. The molecule has 6 nitrogen and oxygen atoms in total. The van der Waals surface area contributed by atoms with E-state index in [0.29, 0.717) is 18.9 Å². The van der Waals surface area contributed by atoms with Crippen molar-refractivity contribution in [3.63, 3.8) is 0 Å². The predicted octanol–water partition coefficient (Wildman–Crippen LogP) is 0.758. The second-order valence-electron chi connectivity index (χ2n) is 3.82. The third kappa shape index (κ3) is 2.72. The number of tetrazole rings is 1. The monoisotopic (exact) mass is 242 g/mol. The minimum atomic E-state index is -0.772. The molecule has 1 aromatic rings. The van der Waals surface area contributed by atoms with E-state index in [-0.39, 0.29) is 6.42 Å². The van der Waals surface area contributed by atoms with Gasteiger partial charge in [-0.3, -0.25) is 4.79 Å². The van der Waals surface area contributed by atoms with Crippen molar-refractivity contribution in [3.8, 4) is 0 Å². The Morgan fingerprint density at radius 3 is 3.19 bits per heavy atom. The van der Waals surface area contributed by atoms with Gasteiger partial charge >= 0.3 is 5.97 Å². The van der Waals surface area contributed by atoms with Crippen molar-refractivity contribution < 1.29 is 9.90 Å². The average Bonchev–Trinajstić information content (AvgIpc) is 2.84. The molecule has 2 rings (SSSR count). The number of hydrogen-bond donors (Lipinski definition) is 1. The van der Waals surface area contributed by atoms with E-state index in [9.17, 15) is 4.79 Å². The van der Waals surface area contributed by atoms with Gasteiger partial charge < -0.3 is 5.11 Å². The molecule has 0 bridgehead atoms. The minimum absolute atomic E-state index is 0.165. The number of hydrogen-bond acceptors (Lipinski definition) is 5. The van der Waals surface area contributed by atoms with E-state index >= 15 is 0 Å². The predicted molar refractivity (Wildman–Crippen MR) is 59.4 cm³/mol. The van der Waals surface area contributed by atoms with Crippen LogP contribution in [0.3, 0.4) is 0 Å². The Labute approximate surface area is 97.4 Å². The minimum Gasteiger partial charge on any atom is -0.481 e. The molecule has 1 saturated heterocycles. The van der Waals surface area contributed by atoms with E-state index in [0.717, 1.165) is 23.8 Å². The first-order chi connectivity index (χ1) is 7.77. The van der Waals surface area contributed by atoms with Crippen LogP contribution in [-0.2, 0) is 11.3 Å². The Balaban J connectivity index is 1.93. The van der Waals surface area contributed by atoms with Gasteiger partial charge in [-0.25, -0.2) is 4.68 Å². The maximum absolute atomic E-state index is 10.4. The van der Waals surface area contributed by atoms with Crippen LogP contribution in [0.15, 0.2) is 0 Å². The van der Waals surface area contributed by atoms with Crippen LogP contribution < -0.4 is 0 Å². The lowest BCUT2D eigenvalue weighted by Gasteiger charge is -2.07. The molecule has 1 unspecified atom stereocenters. The van der Waals surface area contributed by atoms with Crippen molar-refractivity contribution in [2.75, 3.05) is 11.5 Å². The molecule has 1 fully saturated rings. The molecular formula is C9H14N4O2S. The van der Waals surface area contributed by atoms with Gasteiger partial charge in [0.25, 0.3) is 0 Å². The quantitative estimate of drug-likeness (QED) is 0.821. The smallest absolute Gasteiger partial charge is 0.303 e. The Kier molecular flexibility index (Phi) is 3.76. The number of aliphatic carboxylic acids is 1. The molecule has 1 aromatic heterocycles. The fourth-order valence-corrected chi connectivity index (χ4v) is 3.00. The highest BCUT2D eigenvalue weighted by Crippen LogP contribution is 2.30. The van der Waals surface area contributed by atoms with E-state index in [1.165, 1.54) is 0 Å². The average molecular weight is 242 g/mol. The molecule has 2 heterocycles. The van der Waals surface area contributed by atoms with Gasteiger partial charge in [-0.15, -0.1) is 5.10 Å². The Morgan fingerprint density at radius 1 is 1.62 bits per heavy atom. The summed E-state index contributed by atoms with van der Waals surface area (Å²) >= 11 is 1.91. The SMILES string of the molecule is O=C(O)CCCn1nnnc1C1CCSC1. The lowest BCUT2D eigenvalue weighted by atomic mass is 10.1. The summed E-state index contributed by atoms with van der Waals surface area (Å²) in [6.45, 7) is 0.593. The number of aromatic nitrogens is 4. The summed E-state index contributed by atoms with van der Waals surface area (Å²) in [5, 5.41) is 20.2. The largest absolute Gasteiger partial charge is 0.481 e. The first-order valence-corrected chi connectivity index (χ1v) is 6.48. The van der Waals surface area contributed by atoms with Gasteiger partial charge in [0.05, 0.1) is 0 Å². The van der Waals surface area contributed by atoms with E-state index < -0.39 is 5.97 Å². The summed E-state index contributed by atoms with van der Waals surface area (Å²) in [7, 11) is 0. The number of rotatable bonds is 5. The van der Waals surface area contributed by atoms with Gasteiger partial charge in [0.15, 0.2) is 5.82 Å². The zero-order chi connectivity index (χ0) is 11.4. The molecule has 0 saturated carbocycles. The van der Waals surface area contributed by atoms with Crippen LogP contribution in [0.5, 0.6) is 0 Å².